The predicted molar refractivity (Wildman–Crippen MR) is 108 cm³/mol. The lowest BCUT2D eigenvalue weighted by Crippen LogP contribution is -2.28. The molecule has 136 valence electrons. The topological polar surface area (TPSA) is 38.8 Å². The summed E-state index contributed by atoms with van der Waals surface area (Å²) in [5, 5.41) is 2.02. The second kappa shape index (κ2) is 8.10. The van der Waals surface area contributed by atoms with Crippen LogP contribution in [0.3, 0.4) is 0 Å². The van der Waals surface area contributed by atoms with E-state index in [4.69, 9.17) is 9.47 Å². The molecule has 27 heavy (non-hydrogen) atoms. The van der Waals surface area contributed by atoms with Crippen molar-refractivity contribution < 1.29 is 14.3 Å². The Bertz CT molecular complexity index is 935. The van der Waals surface area contributed by atoms with Crippen molar-refractivity contribution in [1.82, 2.24) is 0 Å². The van der Waals surface area contributed by atoms with Gasteiger partial charge in [0.2, 0.25) is 0 Å². The Hall–Kier alpha value is -3.05. The van der Waals surface area contributed by atoms with E-state index in [2.05, 4.69) is 0 Å². The molecule has 0 saturated heterocycles. The number of anilines is 1. The van der Waals surface area contributed by atoms with Crippen LogP contribution in [0.15, 0.2) is 72.1 Å². The summed E-state index contributed by atoms with van der Waals surface area (Å²) in [6.07, 6.45) is 3.45. The van der Waals surface area contributed by atoms with Crippen LogP contribution >= 0.6 is 11.3 Å². The van der Waals surface area contributed by atoms with Crippen molar-refractivity contribution in [2.45, 2.75) is 6.54 Å². The number of carbonyl (C=O) groups is 1. The molecule has 0 aliphatic carbocycles. The highest BCUT2D eigenvalue weighted by Crippen LogP contribution is 2.34. The standard InChI is InChI=1S/C22H19NO3S/c24-22(11-8-17-5-2-1-3-6-17)23(16-19-7-4-14-27-19)18-9-10-20-21(15-18)26-13-12-25-20/h1-11,14-15H,12-13,16H2/b11-8+. The van der Waals surface area contributed by atoms with Crippen LogP contribution in [0.1, 0.15) is 10.4 Å². The maximum absolute atomic E-state index is 13.0. The Morgan fingerprint density at radius 1 is 1.00 bits per heavy atom. The fourth-order valence-corrected chi connectivity index (χ4v) is 3.57. The molecule has 0 radical (unpaired) electrons. The minimum Gasteiger partial charge on any atom is -0.486 e. The number of hydrogen-bond donors (Lipinski definition) is 0. The molecule has 0 bridgehead atoms. The number of hydrogen-bond acceptors (Lipinski definition) is 4. The van der Waals surface area contributed by atoms with Gasteiger partial charge in [0.05, 0.1) is 6.54 Å². The van der Waals surface area contributed by atoms with Crippen molar-refractivity contribution in [2.24, 2.45) is 0 Å². The van der Waals surface area contributed by atoms with E-state index in [1.807, 2.05) is 72.1 Å². The Labute approximate surface area is 162 Å². The molecule has 0 atom stereocenters. The smallest absolute Gasteiger partial charge is 0.251 e. The zero-order valence-corrected chi connectivity index (χ0v) is 15.5. The van der Waals surface area contributed by atoms with Crippen molar-refractivity contribution >= 4 is 29.0 Å². The van der Waals surface area contributed by atoms with Gasteiger partial charge in [-0.15, -0.1) is 11.3 Å². The maximum Gasteiger partial charge on any atom is 0.251 e. The van der Waals surface area contributed by atoms with Gasteiger partial charge in [0.1, 0.15) is 13.2 Å². The number of benzene rings is 2. The van der Waals surface area contributed by atoms with Gasteiger partial charge in [-0.3, -0.25) is 4.79 Å². The molecular weight excluding hydrogens is 358 g/mol. The Morgan fingerprint density at radius 2 is 1.81 bits per heavy atom. The van der Waals surface area contributed by atoms with Crippen molar-refractivity contribution in [3.05, 3.63) is 82.6 Å². The Balaban J connectivity index is 1.62. The predicted octanol–water partition coefficient (Wildman–Crippen LogP) is 4.77. The summed E-state index contributed by atoms with van der Waals surface area (Å²) < 4.78 is 11.3. The van der Waals surface area contributed by atoms with E-state index in [-0.39, 0.29) is 5.91 Å². The Kier molecular flexibility index (Phi) is 5.21. The molecule has 2 aromatic carbocycles. The van der Waals surface area contributed by atoms with Gasteiger partial charge in [-0.2, -0.15) is 0 Å². The minimum atomic E-state index is -0.0797. The van der Waals surface area contributed by atoms with Crippen LogP contribution in [0.25, 0.3) is 6.08 Å². The summed E-state index contributed by atoms with van der Waals surface area (Å²) in [5.41, 5.74) is 1.78. The largest absolute Gasteiger partial charge is 0.486 e. The molecule has 3 aromatic rings. The molecule has 0 spiro atoms. The van der Waals surface area contributed by atoms with E-state index in [9.17, 15) is 4.79 Å². The van der Waals surface area contributed by atoms with Crippen molar-refractivity contribution in [1.29, 1.82) is 0 Å². The highest BCUT2D eigenvalue weighted by Gasteiger charge is 2.19. The number of thiophene rings is 1. The minimum absolute atomic E-state index is 0.0797. The molecule has 5 heteroatoms. The second-order valence-electron chi connectivity index (χ2n) is 6.08. The van der Waals surface area contributed by atoms with E-state index in [0.717, 1.165) is 16.1 Å². The molecule has 0 saturated carbocycles. The van der Waals surface area contributed by atoms with Crippen LogP contribution in [-0.4, -0.2) is 19.1 Å². The van der Waals surface area contributed by atoms with Crippen LogP contribution in [-0.2, 0) is 11.3 Å². The monoisotopic (exact) mass is 377 g/mol. The quantitative estimate of drug-likeness (QED) is 0.602. The first-order valence-corrected chi connectivity index (χ1v) is 9.64. The van der Waals surface area contributed by atoms with Gasteiger partial charge in [0, 0.05) is 22.7 Å². The van der Waals surface area contributed by atoms with E-state index < -0.39 is 0 Å². The van der Waals surface area contributed by atoms with Crippen LogP contribution in [0.5, 0.6) is 11.5 Å². The number of fused-ring (bicyclic) bond motifs is 1. The van der Waals surface area contributed by atoms with E-state index in [1.165, 1.54) is 0 Å². The third-order valence-electron chi connectivity index (χ3n) is 4.22. The van der Waals surface area contributed by atoms with E-state index in [0.29, 0.717) is 31.3 Å². The van der Waals surface area contributed by atoms with E-state index >= 15 is 0 Å². The van der Waals surface area contributed by atoms with Crippen molar-refractivity contribution in [3.63, 3.8) is 0 Å². The van der Waals surface area contributed by atoms with Gasteiger partial charge >= 0.3 is 0 Å². The summed E-state index contributed by atoms with van der Waals surface area (Å²) in [7, 11) is 0. The molecule has 1 aromatic heterocycles. The molecular formula is C22H19NO3S. The van der Waals surface area contributed by atoms with Gasteiger partial charge in [0.25, 0.3) is 5.91 Å². The molecule has 4 nitrogen and oxygen atoms in total. The summed E-state index contributed by atoms with van der Waals surface area (Å²) in [6.45, 7) is 1.57. The van der Waals surface area contributed by atoms with Gasteiger partial charge in [0.15, 0.2) is 11.5 Å². The average Bonchev–Trinajstić information content (AvgIpc) is 3.24. The first kappa shape index (κ1) is 17.4. The zero-order chi connectivity index (χ0) is 18.5. The summed E-state index contributed by atoms with van der Waals surface area (Å²) in [4.78, 5) is 15.9. The highest BCUT2D eigenvalue weighted by molar-refractivity contribution is 7.09. The second-order valence-corrected chi connectivity index (χ2v) is 7.11. The number of amides is 1. The average molecular weight is 377 g/mol. The molecule has 1 amide bonds. The van der Waals surface area contributed by atoms with Crippen molar-refractivity contribution in [2.75, 3.05) is 18.1 Å². The fraction of sp³-hybridized carbons (Fsp3) is 0.136. The maximum atomic E-state index is 13.0. The highest BCUT2D eigenvalue weighted by atomic mass is 32.1. The molecule has 0 unspecified atom stereocenters. The number of nitrogens with zero attached hydrogens (tertiary/aromatic N) is 1. The van der Waals surface area contributed by atoms with Gasteiger partial charge < -0.3 is 14.4 Å². The normalized spacial score (nSPS) is 12.9. The van der Waals surface area contributed by atoms with Gasteiger partial charge in [-0.05, 0) is 35.2 Å². The number of ether oxygens (including phenoxy) is 2. The first-order valence-electron chi connectivity index (χ1n) is 8.76. The van der Waals surface area contributed by atoms with Gasteiger partial charge in [-0.25, -0.2) is 0 Å². The van der Waals surface area contributed by atoms with Crippen LogP contribution in [0, 0.1) is 0 Å². The summed E-state index contributed by atoms with van der Waals surface area (Å²) >= 11 is 1.63. The van der Waals surface area contributed by atoms with Gasteiger partial charge in [-0.1, -0.05) is 36.4 Å². The fourth-order valence-electron chi connectivity index (χ4n) is 2.88. The Morgan fingerprint density at radius 3 is 2.59 bits per heavy atom. The van der Waals surface area contributed by atoms with Crippen molar-refractivity contribution in [3.8, 4) is 11.5 Å². The zero-order valence-electron chi connectivity index (χ0n) is 14.7. The molecule has 2 heterocycles. The summed E-state index contributed by atoms with van der Waals surface area (Å²) in [5.74, 6) is 1.31. The number of carbonyl (C=O) groups excluding carboxylic acids is 1. The van der Waals surface area contributed by atoms with Crippen LogP contribution < -0.4 is 14.4 Å². The molecule has 0 N–H and O–H groups in total. The lowest BCUT2D eigenvalue weighted by Gasteiger charge is -2.24. The molecule has 1 aliphatic heterocycles. The third kappa shape index (κ3) is 4.20. The first-order chi connectivity index (χ1) is 13.3. The lowest BCUT2D eigenvalue weighted by atomic mass is 10.2. The SMILES string of the molecule is O=C(/C=C/c1ccccc1)N(Cc1cccs1)c1ccc2c(c1)OCCO2. The summed E-state index contributed by atoms with van der Waals surface area (Å²) in [6, 6.07) is 19.5. The molecule has 0 fully saturated rings. The van der Waals surface area contributed by atoms with E-state index in [1.54, 1.807) is 22.3 Å². The molecule has 4 rings (SSSR count). The third-order valence-corrected chi connectivity index (χ3v) is 5.08. The lowest BCUT2D eigenvalue weighted by molar-refractivity contribution is -0.114. The van der Waals surface area contributed by atoms with Crippen LogP contribution in [0.4, 0.5) is 5.69 Å². The molecule has 1 aliphatic rings. The van der Waals surface area contributed by atoms with Crippen LogP contribution in [0.2, 0.25) is 0 Å². The number of rotatable bonds is 5.